The second kappa shape index (κ2) is 8.01. The Hall–Kier alpha value is -2.86. The van der Waals surface area contributed by atoms with Gasteiger partial charge < -0.3 is 14.8 Å². The second-order valence-electron chi connectivity index (χ2n) is 5.80. The number of aromatic nitrogens is 1. The van der Waals surface area contributed by atoms with Gasteiger partial charge in [-0.25, -0.2) is 4.98 Å². The summed E-state index contributed by atoms with van der Waals surface area (Å²) in [5, 5.41) is 5.38. The second-order valence-corrected chi connectivity index (χ2v) is 6.66. The quantitative estimate of drug-likeness (QED) is 0.704. The van der Waals surface area contributed by atoms with E-state index in [9.17, 15) is 4.79 Å². The Bertz CT molecular complexity index is 921. The summed E-state index contributed by atoms with van der Waals surface area (Å²) in [5.74, 6) is 1.47. The molecule has 0 spiro atoms. The molecule has 134 valence electrons. The van der Waals surface area contributed by atoms with Gasteiger partial charge in [0, 0.05) is 10.9 Å². The molecule has 3 aromatic rings. The fourth-order valence-corrected chi connectivity index (χ4v) is 3.37. The van der Waals surface area contributed by atoms with Gasteiger partial charge in [0.1, 0.15) is 11.5 Å². The Morgan fingerprint density at radius 2 is 2.00 bits per heavy atom. The van der Waals surface area contributed by atoms with Crippen LogP contribution < -0.4 is 14.8 Å². The van der Waals surface area contributed by atoms with Gasteiger partial charge in [-0.05, 0) is 48.4 Å². The molecule has 3 rings (SSSR count). The summed E-state index contributed by atoms with van der Waals surface area (Å²) in [6.45, 7) is 1.99. The summed E-state index contributed by atoms with van der Waals surface area (Å²) in [7, 11) is 3.26. The fourth-order valence-electron chi connectivity index (χ4n) is 2.63. The zero-order valence-corrected chi connectivity index (χ0v) is 15.7. The average molecular weight is 368 g/mol. The Kier molecular flexibility index (Phi) is 5.53. The SMILES string of the molecule is COc1cccc(CC(=O)Nc2nc(-c3ccc(OC)c(C)c3)cs2)c1. The third-order valence-corrected chi connectivity index (χ3v) is 4.70. The van der Waals surface area contributed by atoms with E-state index in [-0.39, 0.29) is 12.3 Å². The number of rotatable bonds is 6. The molecule has 1 heterocycles. The normalized spacial score (nSPS) is 10.4. The number of hydrogen-bond donors (Lipinski definition) is 1. The van der Waals surface area contributed by atoms with Crippen molar-refractivity contribution in [1.82, 2.24) is 4.98 Å². The molecule has 6 heteroatoms. The molecule has 1 N–H and O–H groups in total. The number of ether oxygens (including phenoxy) is 2. The number of nitrogens with one attached hydrogen (secondary N) is 1. The summed E-state index contributed by atoms with van der Waals surface area (Å²) >= 11 is 1.41. The van der Waals surface area contributed by atoms with Crippen LogP contribution in [0.2, 0.25) is 0 Å². The first-order valence-electron chi connectivity index (χ1n) is 8.12. The largest absolute Gasteiger partial charge is 0.497 e. The first kappa shape index (κ1) is 17.9. The number of aryl methyl sites for hydroxylation is 1. The monoisotopic (exact) mass is 368 g/mol. The zero-order chi connectivity index (χ0) is 18.5. The van der Waals surface area contributed by atoms with Crippen LogP contribution in [-0.2, 0) is 11.2 Å². The molecule has 0 fully saturated rings. The van der Waals surface area contributed by atoms with Gasteiger partial charge in [0.2, 0.25) is 5.91 Å². The summed E-state index contributed by atoms with van der Waals surface area (Å²) in [5.41, 5.74) is 3.76. The Morgan fingerprint density at radius 3 is 2.73 bits per heavy atom. The topological polar surface area (TPSA) is 60.5 Å². The van der Waals surface area contributed by atoms with Crippen molar-refractivity contribution in [3.63, 3.8) is 0 Å². The van der Waals surface area contributed by atoms with Crippen molar-refractivity contribution in [3.05, 3.63) is 59.0 Å². The number of hydrogen-bond acceptors (Lipinski definition) is 5. The van der Waals surface area contributed by atoms with Gasteiger partial charge in [0.05, 0.1) is 26.3 Å². The Labute approximate surface area is 156 Å². The van der Waals surface area contributed by atoms with Gasteiger partial charge in [0.15, 0.2) is 5.13 Å². The third-order valence-electron chi connectivity index (χ3n) is 3.94. The van der Waals surface area contributed by atoms with Crippen LogP contribution in [0, 0.1) is 6.92 Å². The Morgan fingerprint density at radius 1 is 1.15 bits per heavy atom. The summed E-state index contributed by atoms with van der Waals surface area (Å²) < 4.78 is 10.5. The number of carbonyl (C=O) groups is 1. The lowest BCUT2D eigenvalue weighted by atomic mass is 10.1. The molecule has 0 saturated heterocycles. The highest BCUT2D eigenvalue weighted by Crippen LogP contribution is 2.28. The van der Waals surface area contributed by atoms with Crippen molar-refractivity contribution in [2.45, 2.75) is 13.3 Å². The smallest absolute Gasteiger partial charge is 0.230 e. The van der Waals surface area contributed by atoms with Crippen molar-refractivity contribution in [1.29, 1.82) is 0 Å². The first-order valence-corrected chi connectivity index (χ1v) is 9.00. The van der Waals surface area contributed by atoms with Gasteiger partial charge >= 0.3 is 0 Å². The minimum Gasteiger partial charge on any atom is -0.497 e. The van der Waals surface area contributed by atoms with Crippen LogP contribution in [-0.4, -0.2) is 25.1 Å². The highest BCUT2D eigenvalue weighted by Gasteiger charge is 2.10. The molecule has 0 unspecified atom stereocenters. The van der Waals surface area contributed by atoms with Crippen LogP contribution >= 0.6 is 11.3 Å². The molecule has 5 nitrogen and oxygen atoms in total. The molecule has 0 saturated carbocycles. The predicted octanol–water partition coefficient (Wildman–Crippen LogP) is 4.32. The van der Waals surface area contributed by atoms with Crippen molar-refractivity contribution < 1.29 is 14.3 Å². The van der Waals surface area contributed by atoms with Crippen LogP contribution in [0.3, 0.4) is 0 Å². The van der Waals surface area contributed by atoms with Crippen LogP contribution in [0.1, 0.15) is 11.1 Å². The van der Waals surface area contributed by atoms with E-state index in [1.807, 2.05) is 54.8 Å². The van der Waals surface area contributed by atoms with Crippen molar-refractivity contribution in [3.8, 4) is 22.8 Å². The molecule has 0 aliphatic heterocycles. The molecule has 26 heavy (non-hydrogen) atoms. The van der Waals surface area contributed by atoms with E-state index < -0.39 is 0 Å². The Balaban J connectivity index is 1.68. The highest BCUT2D eigenvalue weighted by molar-refractivity contribution is 7.14. The van der Waals surface area contributed by atoms with Gasteiger partial charge in [-0.2, -0.15) is 0 Å². The van der Waals surface area contributed by atoms with Gasteiger partial charge in [-0.1, -0.05) is 12.1 Å². The van der Waals surface area contributed by atoms with E-state index in [0.717, 1.165) is 33.9 Å². The number of thiazole rings is 1. The van der Waals surface area contributed by atoms with Crippen LogP contribution in [0.5, 0.6) is 11.5 Å². The van der Waals surface area contributed by atoms with Crippen molar-refractivity contribution >= 4 is 22.4 Å². The molecule has 0 aliphatic rings. The average Bonchev–Trinajstić information content (AvgIpc) is 3.10. The maximum Gasteiger partial charge on any atom is 0.230 e. The molecular formula is C20H20N2O3S. The number of carbonyl (C=O) groups excluding carboxylic acids is 1. The standard InChI is InChI=1S/C20H20N2O3S/c1-13-9-15(7-8-18(13)25-3)17-12-26-20(21-17)22-19(23)11-14-5-4-6-16(10-14)24-2/h4-10,12H,11H2,1-3H3,(H,21,22,23). The lowest BCUT2D eigenvalue weighted by Crippen LogP contribution is -2.14. The lowest BCUT2D eigenvalue weighted by Gasteiger charge is -2.06. The van der Waals surface area contributed by atoms with Gasteiger partial charge in [-0.3, -0.25) is 4.79 Å². The molecule has 2 aromatic carbocycles. The zero-order valence-electron chi connectivity index (χ0n) is 14.9. The van der Waals surface area contributed by atoms with E-state index >= 15 is 0 Å². The lowest BCUT2D eigenvalue weighted by molar-refractivity contribution is -0.115. The van der Waals surface area contributed by atoms with Crippen molar-refractivity contribution in [2.75, 3.05) is 19.5 Å². The first-order chi connectivity index (χ1) is 12.6. The van der Waals surface area contributed by atoms with Gasteiger partial charge in [-0.15, -0.1) is 11.3 Å². The molecule has 1 aromatic heterocycles. The number of benzene rings is 2. The fraction of sp³-hybridized carbons (Fsp3) is 0.200. The molecule has 1 amide bonds. The molecule has 0 bridgehead atoms. The van der Waals surface area contributed by atoms with Crippen LogP contribution in [0.15, 0.2) is 47.8 Å². The number of amides is 1. The van der Waals surface area contributed by atoms with E-state index in [0.29, 0.717) is 5.13 Å². The highest BCUT2D eigenvalue weighted by atomic mass is 32.1. The molecular weight excluding hydrogens is 348 g/mol. The summed E-state index contributed by atoms with van der Waals surface area (Å²) in [6.07, 6.45) is 0.272. The van der Waals surface area contributed by atoms with Crippen LogP contribution in [0.4, 0.5) is 5.13 Å². The van der Waals surface area contributed by atoms with Crippen LogP contribution in [0.25, 0.3) is 11.3 Å². The number of nitrogens with zero attached hydrogens (tertiary/aromatic N) is 1. The van der Waals surface area contributed by atoms with E-state index in [1.54, 1.807) is 14.2 Å². The van der Waals surface area contributed by atoms with E-state index in [2.05, 4.69) is 10.3 Å². The number of anilines is 1. The minimum absolute atomic E-state index is 0.106. The molecule has 0 aliphatic carbocycles. The number of methoxy groups -OCH3 is 2. The maximum absolute atomic E-state index is 12.3. The third kappa shape index (κ3) is 4.21. The minimum atomic E-state index is -0.106. The summed E-state index contributed by atoms with van der Waals surface area (Å²) in [6, 6.07) is 13.4. The predicted molar refractivity (Wildman–Crippen MR) is 104 cm³/mol. The van der Waals surface area contributed by atoms with E-state index in [4.69, 9.17) is 9.47 Å². The molecule has 0 atom stereocenters. The van der Waals surface area contributed by atoms with Crippen molar-refractivity contribution in [2.24, 2.45) is 0 Å². The summed E-state index contributed by atoms with van der Waals surface area (Å²) in [4.78, 5) is 16.8. The molecule has 0 radical (unpaired) electrons. The van der Waals surface area contributed by atoms with E-state index in [1.165, 1.54) is 11.3 Å². The maximum atomic E-state index is 12.3. The van der Waals surface area contributed by atoms with Gasteiger partial charge in [0.25, 0.3) is 0 Å².